The Kier molecular flexibility index (Phi) is 7.47. The fraction of sp³-hybridized carbons (Fsp3) is 0.429. The summed E-state index contributed by atoms with van der Waals surface area (Å²) in [6.07, 6.45) is 2.17. The molecule has 4 nitrogen and oxygen atoms in total. The maximum absolute atomic E-state index is 11.6. The molecule has 1 aromatic carbocycles. The van der Waals surface area contributed by atoms with E-state index in [2.05, 4.69) is 22.2 Å². The maximum atomic E-state index is 11.6. The van der Waals surface area contributed by atoms with Crippen LogP contribution in [0.4, 0.5) is 0 Å². The molecule has 0 spiro atoms. The Balaban J connectivity index is 2.16. The summed E-state index contributed by atoms with van der Waals surface area (Å²) in [4.78, 5) is 22.7. The molecule has 0 aliphatic carbocycles. The lowest BCUT2D eigenvalue weighted by Gasteiger charge is -2.09. The SMILES string of the molecule is COC(=O)C(I)CNC(=O)CCCc1ccccc1. The summed E-state index contributed by atoms with van der Waals surface area (Å²) in [5.41, 5.74) is 1.23. The summed E-state index contributed by atoms with van der Waals surface area (Å²) in [6.45, 7) is 0.317. The van der Waals surface area contributed by atoms with E-state index >= 15 is 0 Å². The Morgan fingerprint density at radius 1 is 1.32 bits per heavy atom. The lowest BCUT2D eigenvalue weighted by molar-refractivity contribution is -0.139. The van der Waals surface area contributed by atoms with Crippen molar-refractivity contribution < 1.29 is 14.3 Å². The number of ether oxygens (including phenoxy) is 1. The number of methoxy groups -OCH3 is 1. The Labute approximate surface area is 127 Å². The monoisotopic (exact) mass is 375 g/mol. The van der Waals surface area contributed by atoms with Crippen LogP contribution in [0.1, 0.15) is 18.4 Å². The second kappa shape index (κ2) is 8.90. The maximum Gasteiger partial charge on any atom is 0.320 e. The summed E-state index contributed by atoms with van der Waals surface area (Å²) >= 11 is 1.96. The molecule has 104 valence electrons. The van der Waals surface area contributed by atoms with Crippen molar-refractivity contribution in [2.24, 2.45) is 0 Å². The number of rotatable bonds is 7. The van der Waals surface area contributed by atoms with Gasteiger partial charge in [-0.25, -0.2) is 0 Å². The van der Waals surface area contributed by atoms with Gasteiger partial charge in [-0.1, -0.05) is 52.9 Å². The summed E-state index contributed by atoms with van der Waals surface area (Å²) in [5, 5.41) is 2.74. The molecule has 1 atom stereocenters. The molecule has 1 N–H and O–H groups in total. The second-order valence-electron chi connectivity index (χ2n) is 4.13. The highest BCUT2D eigenvalue weighted by Gasteiger charge is 2.15. The number of aryl methyl sites for hydroxylation is 1. The quantitative estimate of drug-likeness (QED) is 0.451. The van der Waals surface area contributed by atoms with Crippen LogP contribution in [-0.4, -0.2) is 29.5 Å². The Hall–Kier alpha value is -1.11. The van der Waals surface area contributed by atoms with E-state index in [0.717, 1.165) is 12.8 Å². The lowest BCUT2D eigenvalue weighted by Crippen LogP contribution is -2.33. The van der Waals surface area contributed by atoms with Gasteiger partial charge in [-0.2, -0.15) is 0 Å². The number of halogens is 1. The van der Waals surface area contributed by atoms with Crippen molar-refractivity contribution in [3.63, 3.8) is 0 Å². The summed E-state index contributed by atoms with van der Waals surface area (Å²) < 4.78 is 4.25. The fourth-order valence-corrected chi connectivity index (χ4v) is 2.08. The molecule has 0 aromatic heterocycles. The molecule has 0 saturated carbocycles. The van der Waals surface area contributed by atoms with Crippen molar-refractivity contribution in [2.75, 3.05) is 13.7 Å². The van der Waals surface area contributed by atoms with E-state index in [-0.39, 0.29) is 15.8 Å². The predicted octanol–water partition coefficient (Wildman–Crippen LogP) is 2.10. The molecule has 1 aromatic rings. The Morgan fingerprint density at radius 3 is 2.63 bits per heavy atom. The van der Waals surface area contributed by atoms with Gasteiger partial charge in [-0.3, -0.25) is 9.59 Å². The van der Waals surface area contributed by atoms with Gasteiger partial charge in [-0.15, -0.1) is 0 Å². The molecule has 1 rings (SSSR count). The first kappa shape index (κ1) is 15.9. The largest absolute Gasteiger partial charge is 0.468 e. The normalized spacial score (nSPS) is 11.7. The van der Waals surface area contributed by atoms with Crippen molar-refractivity contribution >= 4 is 34.5 Å². The van der Waals surface area contributed by atoms with Gasteiger partial charge >= 0.3 is 5.97 Å². The molecule has 0 bridgehead atoms. The third-order valence-corrected chi connectivity index (χ3v) is 3.60. The summed E-state index contributed by atoms with van der Waals surface area (Å²) in [5.74, 6) is -0.341. The molecule has 0 fully saturated rings. The number of carbonyl (C=O) groups is 2. The van der Waals surface area contributed by atoms with Crippen LogP contribution in [0.2, 0.25) is 0 Å². The number of hydrogen-bond acceptors (Lipinski definition) is 3. The second-order valence-corrected chi connectivity index (χ2v) is 5.64. The molecule has 1 amide bonds. The van der Waals surface area contributed by atoms with Crippen LogP contribution in [0.15, 0.2) is 30.3 Å². The van der Waals surface area contributed by atoms with Crippen molar-refractivity contribution in [1.82, 2.24) is 5.32 Å². The molecular formula is C14H18INO3. The first-order valence-electron chi connectivity index (χ1n) is 6.16. The molecular weight excluding hydrogens is 357 g/mol. The Morgan fingerprint density at radius 2 is 2.00 bits per heavy atom. The predicted molar refractivity (Wildman–Crippen MR) is 82.2 cm³/mol. The third-order valence-electron chi connectivity index (χ3n) is 2.65. The molecule has 0 aliphatic rings. The molecule has 5 heteroatoms. The molecule has 19 heavy (non-hydrogen) atoms. The van der Waals surface area contributed by atoms with Crippen molar-refractivity contribution in [1.29, 1.82) is 0 Å². The van der Waals surface area contributed by atoms with E-state index in [9.17, 15) is 9.59 Å². The van der Waals surface area contributed by atoms with Gasteiger partial charge in [0.15, 0.2) is 0 Å². The van der Waals surface area contributed by atoms with E-state index in [4.69, 9.17) is 0 Å². The smallest absolute Gasteiger partial charge is 0.320 e. The standard InChI is InChI=1S/C14H18INO3/c1-19-14(18)12(15)10-16-13(17)9-5-8-11-6-3-2-4-7-11/h2-4,6-7,12H,5,8-10H2,1H3,(H,16,17). The first-order chi connectivity index (χ1) is 9.13. The van der Waals surface area contributed by atoms with Crippen LogP contribution >= 0.6 is 22.6 Å². The van der Waals surface area contributed by atoms with Gasteiger partial charge in [0.05, 0.1) is 7.11 Å². The van der Waals surface area contributed by atoms with Crippen LogP contribution in [0.3, 0.4) is 0 Å². The molecule has 0 heterocycles. The average Bonchev–Trinajstić information content (AvgIpc) is 2.45. The third kappa shape index (κ3) is 6.56. The van der Waals surface area contributed by atoms with Crippen LogP contribution < -0.4 is 5.32 Å². The van der Waals surface area contributed by atoms with Gasteiger partial charge in [0.2, 0.25) is 5.91 Å². The van der Waals surface area contributed by atoms with Gasteiger partial charge in [0.25, 0.3) is 0 Å². The van der Waals surface area contributed by atoms with E-state index < -0.39 is 0 Å². The fourth-order valence-electron chi connectivity index (χ4n) is 1.60. The lowest BCUT2D eigenvalue weighted by atomic mass is 10.1. The minimum absolute atomic E-state index is 0.0264. The van der Waals surface area contributed by atoms with Gasteiger partial charge in [0, 0.05) is 13.0 Å². The number of alkyl halides is 1. The number of nitrogens with one attached hydrogen (secondary N) is 1. The minimum atomic E-state index is -0.333. The zero-order chi connectivity index (χ0) is 14.1. The molecule has 0 saturated heterocycles. The van der Waals surface area contributed by atoms with Crippen molar-refractivity contribution in [3.05, 3.63) is 35.9 Å². The molecule has 1 unspecified atom stereocenters. The van der Waals surface area contributed by atoms with E-state index in [1.807, 2.05) is 40.8 Å². The molecule has 0 radical (unpaired) electrons. The molecule has 0 aliphatic heterocycles. The van der Waals surface area contributed by atoms with Gasteiger partial charge in [-0.05, 0) is 18.4 Å². The van der Waals surface area contributed by atoms with E-state index in [1.54, 1.807) is 0 Å². The van der Waals surface area contributed by atoms with Crippen LogP contribution in [0.25, 0.3) is 0 Å². The first-order valence-corrected chi connectivity index (χ1v) is 7.40. The van der Waals surface area contributed by atoms with Gasteiger partial charge in [0.1, 0.15) is 3.92 Å². The number of carbonyl (C=O) groups excluding carboxylic acids is 2. The Bertz CT molecular complexity index is 408. The highest BCUT2D eigenvalue weighted by molar-refractivity contribution is 14.1. The highest BCUT2D eigenvalue weighted by atomic mass is 127. The zero-order valence-corrected chi connectivity index (χ0v) is 13.1. The van der Waals surface area contributed by atoms with Crippen LogP contribution in [-0.2, 0) is 20.7 Å². The van der Waals surface area contributed by atoms with E-state index in [1.165, 1.54) is 12.7 Å². The van der Waals surface area contributed by atoms with Crippen molar-refractivity contribution in [3.8, 4) is 0 Å². The number of benzene rings is 1. The van der Waals surface area contributed by atoms with Crippen LogP contribution in [0, 0.1) is 0 Å². The number of hydrogen-bond donors (Lipinski definition) is 1. The minimum Gasteiger partial charge on any atom is -0.468 e. The van der Waals surface area contributed by atoms with E-state index in [0.29, 0.717) is 13.0 Å². The summed E-state index contributed by atoms with van der Waals surface area (Å²) in [6, 6.07) is 10.1. The topological polar surface area (TPSA) is 55.4 Å². The van der Waals surface area contributed by atoms with Crippen LogP contribution in [0.5, 0.6) is 0 Å². The number of amides is 1. The summed E-state index contributed by atoms with van der Waals surface area (Å²) in [7, 11) is 1.34. The average molecular weight is 375 g/mol. The van der Waals surface area contributed by atoms with Crippen molar-refractivity contribution in [2.45, 2.75) is 23.2 Å². The van der Waals surface area contributed by atoms with Gasteiger partial charge < -0.3 is 10.1 Å². The highest BCUT2D eigenvalue weighted by Crippen LogP contribution is 2.05. The number of esters is 1. The zero-order valence-electron chi connectivity index (χ0n) is 10.9.